The van der Waals surface area contributed by atoms with Gasteiger partial charge < -0.3 is 19.6 Å². The highest BCUT2D eigenvalue weighted by atomic mass is 16.5. The van der Waals surface area contributed by atoms with Crippen molar-refractivity contribution in [1.29, 1.82) is 0 Å². The van der Waals surface area contributed by atoms with Crippen LogP contribution in [0, 0.1) is 12.8 Å². The second-order valence-corrected chi connectivity index (χ2v) is 10.2. The van der Waals surface area contributed by atoms with Crippen molar-refractivity contribution < 1.29 is 19.1 Å². The third-order valence-electron chi connectivity index (χ3n) is 7.47. The first-order chi connectivity index (χ1) is 18.0. The van der Waals surface area contributed by atoms with E-state index in [4.69, 9.17) is 9.15 Å². The van der Waals surface area contributed by atoms with Gasteiger partial charge in [0.2, 0.25) is 0 Å². The molecule has 1 atom stereocenters. The number of fused-ring (bicyclic) bond motifs is 1. The van der Waals surface area contributed by atoms with E-state index in [-0.39, 0.29) is 12.5 Å². The molecule has 3 aromatic rings. The number of aliphatic hydroxyl groups excluding tert-OH is 1. The van der Waals surface area contributed by atoms with Gasteiger partial charge in [0.1, 0.15) is 24.4 Å². The lowest BCUT2D eigenvalue weighted by Gasteiger charge is -2.31. The van der Waals surface area contributed by atoms with E-state index < -0.39 is 6.10 Å². The maximum Gasteiger partial charge on any atom is 0.270 e. The van der Waals surface area contributed by atoms with E-state index in [0.29, 0.717) is 30.5 Å². The van der Waals surface area contributed by atoms with Crippen LogP contribution in [0.4, 0.5) is 0 Å². The molecule has 0 unspecified atom stereocenters. The van der Waals surface area contributed by atoms with E-state index in [0.717, 1.165) is 42.9 Å². The normalized spacial score (nSPS) is 16.9. The van der Waals surface area contributed by atoms with Crippen molar-refractivity contribution in [2.45, 2.75) is 64.7 Å². The smallest absolute Gasteiger partial charge is 0.270 e. The fourth-order valence-corrected chi connectivity index (χ4v) is 5.46. The van der Waals surface area contributed by atoms with Crippen molar-refractivity contribution in [3.63, 3.8) is 0 Å². The fourth-order valence-electron chi connectivity index (χ4n) is 5.46. The second kappa shape index (κ2) is 11.8. The van der Waals surface area contributed by atoms with Gasteiger partial charge in [-0.15, -0.1) is 0 Å². The van der Waals surface area contributed by atoms with E-state index >= 15 is 0 Å². The molecule has 2 aromatic heterocycles. The van der Waals surface area contributed by atoms with Crippen LogP contribution in [0.1, 0.15) is 64.3 Å². The highest BCUT2D eigenvalue weighted by Crippen LogP contribution is 2.30. The maximum absolute atomic E-state index is 12.6. The van der Waals surface area contributed by atoms with E-state index in [1.165, 1.54) is 49.5 Å². The number of nitrogens with zero attached hydrogens (tertiary/aromatic N) is 4. The number of aliphatic hydroxyl groups is 1. The summed E-state index contributed by atoms with van der Waals surface area (Å²) >= 11 is 0. The van der Waals surface area contributed by atoms with Gasteiger partial charge in [-0.05, 0) is 54.5 Å². The first kappa shape index (κ1) is 25.4. The molecule has 1 aliphatic carbocycles. The summed E-state index contributed by atoms with van der Waals surface area (Å²) in [6, 6.07) is 5.87. The molecule has 5 rings (SSSR count). The number of hydrogen-bond donors (Lipinski definition) is 2. The van der Waals surface area contributed by atoms with Gasteiger partial charge in [0, 0.05) is 31.9 Å². The van der Waals surface area contributed by atoms with Crippen LogP contribution in [0.25, 0.3) is 0 Å². The van der Waals surface area contributed by atoms with Gasteiger partial charge in [-0.3, -0.25) is 9.69 Å². The van der Waals surface area contributed by atoms with Crippen LogP contribution in [-0.2, 0) is 26.0 Å². The van der Waals surface area contributed by atoms with Gasteiger partial charge in [0.05, 0.1) is 12.3 Å². The molecule has 1 amide bonds. The number of amides is 1. The minimum Gasteiger partial charge on any atom is -0.485 e. The van der Waals surface area contributed by atoms with Crippen LogP contribution in [-0.4, -0.2) is 56.6 Å². The quantitative estimate of drug-likeness (QED) is 0.432. The van der Waals surface area contributed by atoms with Crippen LogP contribution in [0.15, 0.2) is 41.5 Å². The van der Waals surface area contributed by atoms with Gasteiger partial charge in [-0.1, -0.05) is 31.7 Å². The van der Waals surface area contributed by atoms with E-state index in [1.807, 2.05) is 6.07 Å². The molecule has 0 saturated heterocycles. The van der Waals surface area contributed by atoms with E-state index in [9.17, 15) is 9.90 Å². The minimum atomic E-state index is -0.670. The van der Waals surface area contributed by atoms with Crippen molar-refractivity contribution >= 4 is 5.91 Å². The molecule has 196 valence electrons. The Balaban J connectivity index is 1.10. The number of aromatic nitrogens is 3. The molecule has 3 heterocycles. The summed E-state index contributed by atoms with van der Waals surface area (Å²) < 4.78 is 11.2. The van der Waals surface area contributed by atoms with Gasteiger partial charge in [0.15, 0.2) is 12.2 Å². The average Bonchev–Trinajstić information content (AvgIpc) is 3.62. The van der Waals surface area contributed by atoms with Gasteiger partial charge >= 0.3 is 0 Å². The fraction of sp³-hybridized carbons (Fsp3) is 0.500. The predicted molar refractivity (Wildman–Crippen MR) is 137 cm³/mol. The summed E-state index contributed by atoms with van der Waals surface area (Å²) in [7, 11) is 0. The number of oxazole rings is 1. The van der Waals surface area contributed by atoms with Crippen molar-refractivity contribution in [3.8, 4) is 5.75 Å². The van der Waals surface area contributed by atoms with Crippen molar-refractivity contribution in [2.75, 3.05) is 19.6 Å². The highest BCUT2D eigenvalue weighted by Gasteiger charge is 2.22. The SMILES string of the molecule is Cc1c(OCc2cnco2)ccc2c1CCN(C[C@@H](O)CNC(=O)c1cc(CC3CCCC3)ncn1)C2. The molecule has 0 spiro atoms. The zero-order valence-corrected chi connectivity index (χ0v) is 21.4. The molecule has 0 bridgehead atoms. The lowest BCUT2D eigenvalue weighted by atomic mass is 9.94. The topological polar surface area (TPSA) is 114 Å². The predicted octanol–water partition coefficient (Wildman–Crippen LogP) is 3.23. The first-order valence-corrected chi connectivity index (χ1v) is 13.2. The standard InChI is InChI=1S/C28H35N5O4/c1-19-25-8-9-33(14-21(25)6-7-27(19)36-16-24-13-29-18-37-24)15-23(34)12-30-28(35)26-11-22(31-17-32-26)10-20-4-2-3-5-20/h6-7,11,13,17-18,20,23,34H,2-5,8-10,12,14-16H2,1H3,(H,30,35)/t23-/m0/s1. The Bertz CT molecular complexity index is 1190. The number of carbonyl (C=O) groups excluding carboxylic acids is 1. The Morgan fingerprint density at radius 2 is 2.16 bits per heavy atom. The summed E-state index contributed by atoms with van der Waals surface area (Å²) in [4.78, 5) is 27.3. The third-order valence-corrected chi connectivity index (χ3v) is 7.47. The molecule has 0 radical (unpaired) electrons. The van der Waals surface area contributed by atoms with Crippen LogP contribution >= 0.6 is 0 Å². The number of carbonyl (C=O) groups is 1. The summed E-state index contributed by atoms with van der Waals surface area (Å²) in [5, 5.41) is 13.5. The molecule has 9 heteroatoms. The zero-order chi connectivity index (χ0) is 25.6. The monoisotopic (exact) mass is 505 g/mol. The number of ether oxygens (including phenoxy) is 1. The maximum atomic E-state index is 12.6. The molecule has 1 saturated carbocycles. The Morgan fingerprint density at radius 3 is 2.97 bits per heavy atom. The van der Waals surface area contributed by atoms with Crippen LogP contribution < -0.4 is 10.1 Å². The number of nitrogens with one attached hydrogen (secondary N) is 1. The van der Waals surface area contributed by atoms with Crippen LogP contribution in [0.3, 0.4) is 0 Å². The highest BCUT2D eigenvalue weighted by molar-refractivity contribution is 5.92. The van der Waals surface area contributed by atoms with Gasteiger partial charge in [-0.2, -0.15) is 0 Å². The van der Waals surface area contributed by atoms with Gasteiger partial charge in [-0.25, -0.2) is 15.0 Å². The van der Waals surface area contributed by atoms with Crippen molar-refractivity contribution in [3.05, 3.63) is 71.0 Å². The first-order valence-electron chi connectivity index (χ1n) is 13.2. The summed E-state index contributed by atoms with van der Waals surface area (Å²) in [5.41, 5.74) is 4.95. The molecule has 2 aliphatic rings. The number of benzene rings is 1. The molecule has 1 fully saturated rings. The number of β-amino-alcohol motifs (C(OH)–C–C–N with tert-alkyl or cyclic N) is 1. The van der Waals surface area contributed by atoms with Crippen molar-refractivity contribution in [2.24, 2.45) is 5.92 Å². The summed E-state index contributed by atoms with van der Waals surface area (Å²) in [5.74, 6) is 1.92. The average molecular weight is 506 g/mol. The zero-order valence-electron chi connectivity index (χ0n) is 21.4. The van der Waals surface area contributed by atoms with E-state index in [1.54, 1.807) is 12.3 Å². The molecule has 2 N–H and O–H groups in total. The molecular formula is C28H35N5O4. The van der Waals surface area contributed by atoms with Crippen molar-refractivity contribution in [1.82, 2.24) is 25.2 Å². The second-order valence-electron chi connectivity index (χ2n) is 10.2. The Labute approximate surface area is 217 Å². The largest absolute Gasteiger partial charge is 0.485 e. The Kier molecular flexibility index (Phi) is 8.11. The van der Waals surface area contributed by atoms with Crippen LogP contribution in [0.2, 0.25) is 0 Å². The molecule has 1 aliphatic heterocycles. The summed E-state index contributed by atoms with van der Waals surface area (Å²) in [6.07, 6.45) is 10.7. The number of hydrogen-bond acceptors (Lipinski definition) is 8. The molecular weight excluding hydrogens is 470 g/mol. The Morgan fingerprint density at radius 1 is 1.30 bits per heavy atom. The minimum absolute atomic E-state index is 0.178. The van der Waals surface area contributed by atoms with Gasteiger partial charge in [0.25, 0.3) is 5.91 Å². The van der Waals surface area contributed by atoms with E-state index in [2.05, 4.69) is 38.2 Å². The lowest BCUT2D eigenvalue weighted by molar-refractivity contribution is 0.0837. The third kappa shape index (κ3) is 6.53. The molecule has 1 aromatic carbocycles. The summed E-state index contributed by atoms with van der Waals surface area (Å²) in [6.45, 7) is 4.68. The Hall–Kier alpha value is -3.30. The lowest BCUT2D eigenvalue weighted by Crippen LogP contribution is -2.42. The van der Waals surface area contributed by atoms with Crippen LogP contribution in [0.5, 0.6) is 5.75 Å². The molecule has 37 heavy (non-hydrogen) atoms. The number of rotatable bonds is 10. The molecule has 9 nitrogen and oxygen atoms in total.